The van der Waals surface area contributed by atoms with Crippen molar-refractivity contribution in [2.45, 2.75) is 12.3 Å². The van der Waals surface area contributed by atoms with Crippen LogP contribution in [0.25, 0.3) is 56.4 Å². The van der Waals surface area contributed by atoms with Gasteiger partial charge in [0.2, 0.25) is 0 Å². The summed E-state index contributed by atoms with van der Waals surface area (Å²) in [5.41, 5.74) is 10.3. The van der Waals surface area contributed by atoms with Crippen LogP contribution in [-0.4, -0.2) is 15.0 Å². The molecule has 5 nitrogen and oxygen atoms in total. The molecule has 2 aliphatic rings. The van der Waals surface area contributed by atoms with E-state index in [1.807, 2.05) is 91.0 Å². The van der Waals surface area contributed by atoms with Crippen LogP contribution in [0.15, 0.2) is 140 Å². The highest BCUT2D eigenvalue weighted by Crippen LogP contribution is 2.62. The summed E-state index contributed by atoms with van der Waals surface area (Å²) in [4.78, 5) is 15.0. The molecular formula is C42H26N4O. The van der Waals surface area contributed by atoms with Crippen LogP contribution in [0.5, 0.6) is 11.5 Å². The summed E-state index contributed by atoms with van der Waals surface area (Å²) in [5, 5.41) is 10.2. The molecule has 5 heteroatoms. The van der Waals surface area contributed by atoms with Gasteiger partial charge in [0.1, 0.15) is 11.5 Å². The maximum Gasteiger partial charge on any atom is 0.164 e. The Morgan fingerprint density at radius 2 is 1.04 bits per heavy atom. The van der Waals surface area contributed by atoms with Crippen molar-refractivity contribution in [3.63, 3.8) is 0 Å². The highest BCUT2D eigenvalue weighted by molar-refractivity contribution is 5.99. The van der Waals surface area contributed by atoms with Gasteiger partial charge in [-0.15, -0.1) is 0 Å². The monoisotopic (exact) mass is 602 g/mol. The number of nitrogens with zero attached hydrogens (tertiary/aromatic N) is 4. The average Bonchev–Trinajstić information content (AvgIpc) is 3.41. The van der Waals surface area contributed by atoms with E-state index in [4.69, 9.17) is 19.7 Å². The lowest BCUT2D eigenvalue weighted by atomic mass is 9.70. The largest absolute Gasteiger partial charge is 0.457 e. The van der Waals surface area contributed by atoms with Crippen molar-refractivity contribution < 1.29 is 4.74 Å². The van der Waals surface area contributed by atoms with Crippen LogP contribution < -0.4 is 4.74 Å². The van der Waals surface area contributed by atoms with E-state index in [-0.39, 0.29) is 0 Å². The van der Waals surface area contributed by atoms with E-state index in [1.165, 1.54) is 0 Å². The van der Waals surface area contributed by atoms with Gasteiger partial charge < -0.3 is 4.74 Å². The third-order valence-corrected chi connectivity index (χ3v) is 9.42. The van der Waals surface area contributed by atoms with E-state index in [0.717, 1.165) is 67.1 Å². The van der Waals surface area contributed by atoms with Crippen molar-refractivity contribution in [1.29, 1.82) is 5.26 Å². The molecule has 7 aromatic rings. The summed E-state index contributed by atoms with van der Waals surface area (Å²) in [5.74, 6) is 3.38. The van der Waals surface area contributed by atoms with Crippen molar-refractivity contribution in [3.05, 3.63) is 162 Å². The van der Waals surface area contributed by atoms with Gasteiger partial charge in [0.15, 0.2) is 17.5 Å². The van der Waals surface area contributed by atoms with Gasteiger partial charge in [-0.25, -0.2) is 15.0 Å². The summed E-state index contributed by atoms with van der Waals surface area (Å²) in [6, 6.07) is 49.3. The maximum atomic E-state index is 10.2. The van der Waals surface area contributed by atoms with Crippen LogP contribution in [-0.2, 0) is 5.41 Å². The summed E-state index contributed by atoms with van der Waals surface area (Å²) >= 11 is 0. The number of hydrogen-bond donors (Lipinski definition) is 0. The molecular weight excluding hydrogens is 576 g/mol. The molecule has 9 rings (SSSR count). The summed E-state index contributed by atoms with van der Waals surface area (Å²) in [6.45, 7) is 2.23. The molecule has 1 atom stereocenters. The number of fused-ring (bicyclic) bond motifs is 5. The van der Waals surface area contributed by atoms with Crippen LogP contribution >= 0.6 is 0 Å². The molecule has 0 bridgehead atoms. The SMILES string of the molecule is CC12c3cccc(-c4ccccc4-c4nc(-c5ccccc5)nc(-c5ccccc5)n4)c3-c3cccc(c31)Oc1cccc(C#N)c12. The van der Waals surface area contributed by atoms with E-state index >= 15 is 0 Å². The first-order valence-electron chi connectivity index (χ1n) is 15.6. The topological polar surface area (TPSA) is 71.7 Å². The van der Waals surface area contributed by atoms with Gasteiger partial charge in [0.05, 0.1) is 17.0 Å². The second-order valence-corrected chi connectivity index (χ2v) is 12.0. The second kappa shape index (κ2) is 10.3. The minimum Gasteiger partial charge on any atom is -0.457 e. The lowest BCUT2D eigenvalue weighted by Gasteiger charge is -2.35. The Kier molecular flexibility index (Phi) is 5.93. The summed E-state index contributed by atoms with van der Waals surface area (Å²) in [6.07, 6.45) is 0. The van der Waals surface area contributed by atoms with E-state index in [1.54, 1.807) is 0 Å². The fourth-order valence-corrected chi connectivity index (χ4v) is 7.40. The van der Waals surface area contributed by atoms with Gasteiger partial charge in [0.25, 0.3) is 0 Å². The van der Waals surface area contributed by atoms with E-state index < -0.39 is 5.41 Å². The quantitative estimate of drug-likeness (QED) is 0.201. The Bertz CT molecular complexity index is 2360. The fraction of sp³-hybridized carbons (Fsp3) is 0.0476. The Morgan fingerprint density at radius 3 is 1.72 bits per heavy atom. The Hall–Kier alpha value is -6.38. The number of rotatable bonds is 4. The van der Waals surface area contributed by atoms with E-state index in [0.29, 0.717) is 23.0 Å². The lowest BCUT2D eigenvalue weighted by molar-refractivity contribution is 0.430. The van der Waals surface area contributed by atoms with Gasteiger partial charge in [-0.3, -0.25) is 0 Å². The van der Waals surface area contributed by atoms with Crippen molar-refractivity contribution in [1.82, 2.24) is 15.0 Å². The molecule has 0 saturated carbocycles. The minimum absolute atomic E-state index is 0.569. The molecule has 6 aromatic carbocycles. The zero-order chi connectivity index (χ0) is 31.5. The van der Waals surface area contributed by atoms with Crippen molar-refractivity contribution in [2.24, 2.45) is 0 Å². The fourth-order valence-electron chi connectivity index (χ4n) is 7.40. The number of benzene rings is 6. The van der Waals surface area contributed by atoms with Gasteiger partial charge >= 0.3 is 0 Å². The molecule has 2 heterocycles. The van der Waals surface area contributed by atoms with Crippen LogP contribution in [0.1, 0.15) is 29.2 Å². The first-order chi connectivity index (χ1) is 23.1. The highest BCUT2D eigenvalue weighted by atomic mass is 16.5. The number of aromatic nitrogens is 3. The number of nitriles is 1. The Morgan fingerprint density at radius 1 is 0.511 bits per heavy atom. The molecule has 220 valence electrons. The molecule has 0 N–H and O–H groups in total. The maximum absolute atomic E-state index is 10.2. The van der Waals surface area contributed by atoms with Crippen LogP contribution in [0.2, 0.25) is 0 Å². The molecule has 47 heavy (non-hydrogen) atoms. The third kappa shape index (κ3) is 3.99. The number of ether oxygens (including phenoxy) is 1. The molecule has 1 aromatic heterocycles. The molecule has 0 spiro atoms. The normalized spacial score (nSPS) is 15.1. The van der Waals surface area contributed by atoms with Gasteiger partial charge in [0, 0.05) is 27.8 Å². The summed E-state index contributed by atoms with van der Waals surface area (Å²) < 4.78 is 6.48. The van der Waals surface area contributed by atoms with Crippen LogP contribution in [0.4, 0.5) is 0 Å². The predicted octanol–water partition coefficient (Wildman–Crippen LogP) is 9.85. The third-order valence-electron chi connectivity index (χ3n) is 9.42. The molecule has 0 saturated heterocycles. The zero-order valence-corrected chi connectivity index (χ0v) is 25.5. The zero-order valence-electron chi connectivity index (χ0n) is 25.5. The van der Waals surface area contributed by atoms with Gasteiger partial charge in [-0.1, -0.05) is 121 Å². The smallest absolute Gasteiger partial charge is 0.164 e. The van der Waals surface area contributed by atoms with E-state index in [2.05, 4.69) is 61.5 Å². The second-order valence-electron chi connectivity index (χ2n) is 12.0. The van der Waals surface area contributed by atoms with Gasteiger partial charge in [-0.2, -0.15) is 5.26 Å². The average molecular weight is 603 g/mol. The highest BCUT2D eigenvalue weighted by Gasteiger charge is 2.49. The van der Waals surface area contributed by atoms with Crippen molar-refractivity contribution in [3.8, 4) is 74.0 Å². The van der Waals surface area contributed by atoms with Crippen LogP contribution in [0.3, 0.4) is 0 Å². The predicted molar refractivity (Wildman–Crippen MR) is 184 cm³/mol. The summed E-state index contributed by atoms with van der Waals surface area (Å²) in [7, 11) is 0. The van der Waals surface area contributed by atoms with Crippen molar-refractivity contribution >= 4 is 0 Å². The van der Waals surface area contributed by atoms with Crippen molar-refractivity contribution in [2.75, 3.05) is 0 Å². The molecule has 1 unspecified atom stereocenters. The molecule has 0 fully saturated rings. The Labute approximate surface area is 272 Å². The first kappa shape index (κ1) is 27.0. The Balaban J connectivity index is 1.30. The molecule has 0 radical (unpaired) electrons. The first-order valence-corrected chi connectivity index (χ1v) is 15.6. The minimum atomic E-state index is -0.569. The standard InChI is InChI=1S/C42H26N4O/c1-42-33-22-11-20-30(36(33)32-21-12-24-35(38(32)42)47-34-23-10-17-28(25-43)37(34)42)29-18-8-9-19-31(29)41-45-39(26-13-4-2-5-14-26)44-40(46-41)27-15-6-3-7-16-27/h2-24H,1H3. The number of hydrogen-bond acceptors (Lipinski definition) is 5. The lowest BCUT2D eigenvalue weighted by Crippen LogP contribution is -2.28. The molecule has 1 aliphatic carbocycles. The molecule has 0 amide bonds. The van der Waals surface area contributed by atoms with Crippen LogP contribution in [0, 0.1) is 11.3 Å². The van der Waals surface area contributed by atoms with E-state index in [9.17, 15) is 5.26 Å². The van der Waals surface area contributed by atoms with Gasteiger partial charge in [-0.05, 0) is 52.9 Å². The molecule has 1 aliphatic heterocycles.